The first-order valence-corrected chi connectivity index (χ1v) is 5.66. The Kier molecular flexibility index (Phi) is 4.09. The number of carbonyl (C=O) groups is 3. The van der Waals surface area contributed by atoms with Crippen LogP contribution in [-0.2, 0) is 19.1 Å². The van der Waals surface area contributed by atoms with Gasteiger partial charge in [0.15, 0.2) is 0 Å². The van der Waals surface area contributed by atoms with Crippen molar-refractivity contribution in [2.75, 3.05) is 6.61 Å². The Labute approximate surface area is 99.3 Å². The van der Waals surface area contributed by atoms with Gasteiger partial charge in [0.05, 0.1) is 12.5 Å². The van der Waals surface area contributed by atoms with Crippen LogP contribution in [0, 0.1) is 5.41 Å². The van der Waals surface area contributed by atoms with Crippen LogP contribution < -0.4 is 5.32 Å². The third-order valence-electron chi connectivity index (χ3n) is 3.24. The first kappa shape index (κ1) is 13.5. The van der Waals surface area contributed by atoms with Crippen molar-refractivity contribution in [1.29, 1.82) is 0 Å². The van der Waals surface area contributed by atoms with E-state index in [9.17, 15) is 14.4 Å². The molecule has 0 aromatic heterocycles. The van der Waals surface area contributed by atoms with Crippen LogP contribution in [0.15, 0.2) is 0 Å². The number of amides is 1. The van der Waals surface area contributed by atoms with Crippen molar-refractivity contribution in [2.24, 2.45) is 5.41 Å². The van der Waals surface area contributed by atoms with Crippen molar-refractivity contribution in [2.45, 2.75) is 39.2 Å². The van der Waals surface area contributed by atoms with Gasteiger partial charge >= 0.3 is 11.9 Å². The summed E-state index contributed by atoms with van der Waals surface area (Å²) in [5.41, 5.74) is -1.41. The predicted octanol–water partition coefficient (Wildman–Crippen LogP) is 0.309. The van der Waals surface area contributed by atoms with E-state index in [1.165, 1.54) is 0 Å². The standard InChI is InChI=1S/C11H17NO5/c1-3-11(4-2,10(15)16)9(14)12-7-5-8(13)17-6-7/h7H,3-6H2,1-2H3,(H,12,14)(H,15,16)/t7-/m0/s1. The summed E-state index contributed by atoms with van der Waals surface area (Å²) >= 11 is 0. The number of carbonyl (C=O) groups excluding carboxylic acids is 2. The average Bonchev–Trinajstić information content (AvgIpc) is 2.66. The average molecular weight is 243 g/mol. The summed E-state index contributed by atoms with van der Waals surface area (Å²) in [6.07, 6.45) is 0.535. The van der Waals surface area contributed by atoms with Crippen LogP contribution in [0.4, 0.5) is 0 Å². The molecule has 1 fully saturated rings. The number of ether oxygens (including phenoxy) is 1. The summed E-state index contributed by atoms with van der Waals surface area (Å²) in [6.45, 7) is 3.44. The Morgan fingerprint density at radius 3 is 2.41 bits per heavy atom. The Morgan fingerprint density at radius 1 is 1.47 bits per heavy atom. The zero-order valence-electron chi connectivity index (χ0n) is 9.99. The van der Waals surface area contributed by atoms with Gasteiger partial charge in [0, 0.05) is 0 Å². The maximum Gasteiger partial charge on any atom is 0.319 e. The van der Waals surface area contributed by atoms with Crippen LogP contribution in [0.5, 0.6) is 0 Å². The highest BCUT2D eigenvalue weighted by Gasteiger charge is 2.44. The molecule has 1 atom stereocenters. The van der Waals surface area contributed by atoms with Crippen LogP contribution in [0.2, 0.25) is 0 Å². The van der Waals surface area contributed by atoms with Gasteiger partial charge in [0.25, 0.3) is 0 Å². The number of esters is 1. The van der Waals surface area contributed by atoms with Crippen molar-refractivity contribution in [3.05, 3.63) is 0 Å². The van der Waals surface area contributed by atoms with E-state index in [0.717, 1.165) is 0 Å². The van der Waals surface area contributed by atoms with Gasteiger partial charge in [0.1, 0.15) is 12.0 Å². The Bertz CT molecular complexity index is 335. The molecule has 1 saturated heterocycles. The van der Waals surface area contributed by atoms with Gasteiger partial charge in [-0.1, -0.05) is 13.8 Å². The van der Waals surface area contributed by atoms with E-state index in [1.807, 2.05) is 0 Å². The number of carboxylic acids is 1. The van der Waals surface area contributed by atoms with Crippen molar-refractivity contribution < 1.29 is 24.2 Å². The lowest BCUT2D eigenvalue weighted by Gasteiger charge is -2.26. The lowest BCUT2D eigenvalue weighted by atomic mass is 9.81. The van der Waals surface area contributed by atoms with Gasteiger partial charge in [-0.15, -0.1) is 0 Å². The minimum atomic E-state index is -1.41. The topological polar surface area (TPSA) is 92.7 Å². The highest BCUT2D eigenvalue weighted by Crippen LogP contribution is 2.27. The van der Waals surface area contributed by atoms with Crippen LogP contribution in [-0.4, -0.2) is 35.6 Å². The molecule has 1 amide bonds. The van der Waals surface area contributed by atoms with Crippen LogP contribution in [0.25, 0.3) is 0 Å². The molecule has 0 aliphatic carbocycles. The monoisotopic (exact) mass is 243 g/mol. The van der Waals surface area contributed by atoms with Crippen LogP contribution in [0.3, 0.4) is 0 Å². The van der Waals surface area contributed by atoms with Crippen molar-refractivity contribution >= 4 is 17.8 Å². The van der Waals surface area contributed by atoms with Crippen molar-refractivity contribution in [3.63, 3.8) is 0 Å². The van der Waals surface area contributed by atoms with Crippen molar-refractivity contribution in [3.8, 4) is 0 Å². The fourth-order valence-corrected chi connectivity index (χ4v) is 1.90. The van der Waals surface area contributed by atoms with E-state index < -0.39 is 23.3 Å². The smallest absolute Gasteiger partial charge is 0.319 e. The second-order valence-electron chi connectivity index (χ2n) is 4.15. The third-order valence-corrected chi connectivity index (χ3v) is 3.24. The lowest BCUT2D eigenvalue weighted by Crippen LogP contribution is -2.49. The van der Waals surface area contributed by atoms with Crippen molar-refractivity contribution in [1.82, 2.24) is 5.32 Å². The maximum atomic E-state index is 12.0. The van der Waals surface area contributed by atoms with E-state index in [1.54, 1.807) is 13.8 Å². The molecule has 17 heavy (non-hydrogen) atoms. The second-order valence-corrected chi connectivity index (χ2v) is 4.15. The van der Waals surface area contributed by atoms with Crippen LogP contribution >= 0.6 is 0 Å². The highest BCUT2D eigenvalue weighted by atomic mass is 16.5. The lowest BCUT2D eigenvalue weighted by molar-refractivity contribution is -0.156. The van der Waals surface area contributed by atoms with E-state index >= 15 is 0 Å². The molecule has 0 saturated carbocycles. The van der Waals surface area contributed by atoms with Gasteiger partial charge in [0.2, 0.25) is 5.91 Å². The molecule has 1 aliphatic rings. The molecular weight excluding hydrogens is 226 g/mol. The number of aliphatic carboxylic acids is 1. The SMILES string of the molecule is CCC(CC)(C(=O)O)C(=O)N[C@@H]1COC(=O)C1. The molecule has 0 bridgehead atoms. The number of rotatable bonds is 5. The first-order valence-electron chi connectivity index (χ1n) is 5.66. The summed E-state index contributed by atoms with van der Waals surface area (Å²) in [7, 11) is 0. The summed E-state index contributed by atoms with van der Waals surface area (Å²) in [5, 5.41) is 11.7. The zero-order chi connectivity index (χ0) is 13.1. The van der Waals surface area contributed by atoms with Gasteiger partial charge in [-0.05, 0) is 12.8 Å². The molecule has 1 heterocycles. The highest BCUT2D eigenvalue weighted by molar-refractivity contribution is 6.02. The summed E-state index contributed by atoms with van der Waals surface area (Å²) in [6, 6.07) is -0.410. The van der Waals surface area contributed by atoms with E-state index in [2.05, 4.69) is 5.32 Å². The molecule has 2 N–H and O–H groups in total. The quantitative estimate of drug-likeness (QED) is 0.535. The molecule has 1 rings (SSSR count). The Balaban J connectivity index is 2.72. The second kappa shape index (κ2) is 5.16. The number of carboxylic acid groups (broad SMARTS) is 1. The molecule has 96 valence electrons. The molecule has 0 spiro atoms. The number of hydrogen-bond donors (Lipinski definition) is 2. The minimum absolute atomic E-state index is 0.106. The zero-order valence-corrected chi connectivity index (χ0v) is 9.99. The summed E-state index contributed by atoms with van der Waals surface area (Å²) in [5.74, 6) is -2.05. The molecule has 0 radical (unpaired) electrons. The largest absolute Gasteiger partial charge is 0.480 e. The third kappa shape index (κ3) is 2.57. The van der Waals surface area contributed by atoms with Gasteiger partial charge in [-0.3, -0.25) is 14.4 Å². The maximum absolute atomic E-state index is 12.0. The van der Waals surface area contributed by atoms with Gasteiger partial charge in [-0.25, -0.2) is 0 Å². The van der Waals surface area contributed by atoms with E-state index in [4.69, 9.17) is 9.84 Å². The predicted molar refractivity (Wildman–Crippen MR) is 58.2 cm³/mol. The molecule has 6 heteroatoms. The van der Waals surface area contributed by atoms with Gasteiger partial charge in [-0.2, -0.15) is 0 Å². The fraction of sp³-hybridized carbons (Fsp3) is 0.727. The molecule has 0 aromatic rings. The summed E-state index contributed by atoms with van der Waals surface area (Å²) < 4.78 is 4.71. The number of cyclic esters (lactones) is 1. The molecule has 6 nitrogen and oxygen atoms in total. The number of hydrogen-bond acceptors (Lipinski definition) is 4. The molecule has 0 unspecified atom stereocenters. The van der Waals surface area contributed by atoms with Crippen LogP contribution in [0.1, 0.15) is 33.1 Å². The number of nitrogens with one attached hydrogen (secondary N) is 1. The molecular formula is C11H17NO5. The Morgan fingerprint density at radius 2 is 2.06 bits per heavy atom. The molecule has 0 aromatic carbocycles. The molecule has 1 aliphatic heterocycles. The van der Waals surface area contributed by atoms with E-state index in [-0.39, 0.29) is 31.8 Å². The van der Waals surface area contributed by atoms with Gasteiger partial charge < -0.3 is 15.2 Å². The van der Waals surface area contributed by atoms with E-state index in [0.29, 0.717) is 0 Å². The Hall–Kier alpha value is -1.59. The first-order chi connectivity index (χ1) is 7.96. The normalized spacial score (nSPS) is 19.9. The fourth-order valence-electron chi connectivity index (χ4n) is 1.90. The minimum Gasteiger partial charge on any atom is -0.480 e. The summed E-state index contributed by atoms with van der Waals surface area (Å²) in [4.78, 5) is 34.0.